The van der Waals surface area contributed by atoms with Crippen LogP contribution in [0.25, 0.3) is 0 Å². The van der Waals surface area contributed by atoms with Crippen LogP contribution in [0.4, 0.5) is 0 Å². The van der Waals surface area contributed by atoms with Crippen molar-refractivity contribution in [3.63, 3.8) is 0 Å². The molecule has 0 aliphatic carbocycles. The molecule has 0 aromatic carbocycles. The highest BCUT2D eigenvalue weighted by Gasteiger charge is 2.28. The molecule has 1 heterocycles. The van der Waals surface area contributed by atoms with E-state index in [4.69, 9.17) is 0 Å². The minimum Gasteiger partial charge on any atom is -0.294 e. The second-order valence-electron chi connectivity index (χ2n) is 3.33. The monoisotopic (exact) mass is 125 g/mol. The summed E-state index contributed by atoms with van der Waals surface area (Å²) in [6.45, 7) is 7.82. The fourth-order valence-corrected chi connectivity index (χ4v) is 1.05. The molecule has 1 nitrogen and oxygen atoms in total. The molecule has 0 atom stereocenters. The fraction of sp³-hybridized carbons (Fsp3) is 0.750. The molecule has 0 unspecified atom stereocenters. The smallest absolute Gasteiger partial charge is 0.0362 e. The number of nitrogens with zero attached hydrogens (tertiary/aromatic N) is 1. The summed E-state index contributed by atoms with van der Waals surface area (Å²) < 4.78 is 0. The van der Waals surface area contributed by atoms with Gasteiger partial charge in [-0.05, 0) is 27.8 Å². The molecule has 0 radical (unpaired) electrons. The summed E-state index contributed by atoms with van der Waals surface area (Å²) in [5.41, 5.74) is 1.80. The molecule has 1 heteroatoms. The minimum absolute atomic E-state index is 0.306. The van der Waals surface area contributed by atoms with Crippen molar-refractivity contribution in [2.45, 2.75) is 26.3 Å². The number of hydrogen-bond acceptors (Lipinski definition) is 1. The summed E-state index contributed by atoms with van der Waals surface area (Å²) in [6, 6.07) is 0. The van der Waals surface area contributed by atoms with E-state index in [1.54, 1.807) is 0 Å². The molecule has 1 aliphatic rings. The molecular formula is C8H15N. The van der Waals surface area contributed by atoms with Crippen LogP contribution in [-0.4, -0.2) is 24.0 Å². The van der Waals surface area contributed by atoms with Crippen LogP contribution < -0.4 is 0 Å². The van der Waals surface area contributed by atoms with Gasteiger partial charge in [0.05, 0.1) is 0 Å². The standard InChI is InChI=1S/C8H15N/c1-7-5-6-9(4)8(7,2)3/h5H,6H2,1-4H3. The first kappa shape index (κ1) is 6.81. The summed E-state index contributed by atoms with van der Waals surface area (Å²) in [4.78, 5) is 2.35. The molecule has 52 valence electrons. The van der Waals surface area contributed by atoms with Gasteiger partial charge in [-0.2, -0.15) is 0 Å². The predicted molar refractivity (Wildman–Crippen MR) is 40.5 cm³/mol. The molecule has 0 saturated carbocycles. The van der Waals surface area contributed by atoms with E-state index in [1.165, 1.54) is 5.57 Å². The zero-order valence-corrected chi connectivity index (χ0v) is 6.73. The summed E-state index contributed by atoms with van der Waals surface area (Å²) >= 11 is 0. The number of rotatable bonds is 0. The molecule has 0 N–H and O–H groups in total. The van der Waals surface area contributed by atoms with Crippen molar-refractivity contribution in [1.29, 1.82) is 0 Å². The van der Waals surface area contributed by atoms with E-state index >= 15 is 0 Å². The quantitative estimate of drug-likeness (QED) is 0.445. The minimum atomic E-state index is 0.306. The van der Waals surface area contributed by atoms with E-state index in [0.717, 1.165) is 6.54 Å². The van der Waals surface area contributed by atoms with Crippen LogP contribution >= 0.6 is 0 Å². The first-order valence-corrected chi connectivity index (χ1v) is 3.43. The molecule has 0 bridgehead atoms. The highest BCUT2D eigenvalue weighted by atomic mass is 15.2. The van der Waals surface area contributed by atoms with E-state index in [2.05, 4.69) is 38.8 Å². The van der Waals surface area contributed by atoms with E-state index in [-0.39, 0.29) is 0 Å². The summed E-state index contributed by atoms with van der Waals surface area (Å²) in [7, 11) is 2.16. The predicted octanol–water partition coefficient (Wildman–Crippen LogP) is 1.66. The zero-order chi connectivity index (χ0) is 7.07. The van der Waals surface area contributed by atoms with Crippen molar-refractivity contribution in [3.8, 4) is 0 Å². The lowest BCUT2D eigenvalue weighted by Crippen LogP contribution is -2.37. The molecule has 9 heavy (non-hydrogen) atoms. The number of hydrogen-bond donors (Lipinski definition) is 0. The average molecular weight is 125 g/mol. The topological polar surface area (TPSA) is 3.24 Å². The lowest BCUT2D eigenvalue weighted by molar-refractivity contribution is 0.237. The number of likely N-dealkylation sites (N-methyl/N-ethyl adjacent to an activating group) is 1. The van der Waals surface area contributed by atoms with Gasteiger partial charge in [-0.1, -0.05) is 11.6 Å². The Morgan fingerprint density at radius 3 is 2.22 bits per heavy atom. The molecule has 1 aliphatic heterocycles. The van der Waals surface area contributed by atoms with Gasteiger partial charge in [-0.15, -0.1) is 0 Å². The van der Waals surface area contributed by atoms with Crippen LogP contribution in [0.15, 0.2) is 11.6 Å². The molecule has 1 rings (SSSR count). The molecule has 0 fully saturated rings. The highest BCUT2D eigenvalue weighted by molar-refractivity contribution is 5.21. The van der Waals surface area contributed by atoms with Crippen LogP contribution in [-0.2, 0) is 0 Å². The van der Waals surface area contributed by atoms with Gasteiger partial charge < -0.3 is 0 Å². The van der Waals surface area contributed by atoms with E-state index in [9.17, 15) is 0 Å². The lowest BCUT2D eigenvalue weighted by atomic mass is 9.98. The van der Waals surface area contributed by atoms with Gasteiger partial charge in [0, 0.05) is 12.1 Å². The Hall–Kier alpha value is -0.300. The van der Waals surface area contributed by atoms with Crippen molar-refractivity contribution in [3.05, 3.63) is 11.6 Å². The second kappa shape index (κ2) is 1.84. The molecule has 0 amide bonds. The van der Waals surface area contributed by atoms with E-state index < -0.39 is 0 Å². The molecule has 0 saturated heterocycles. The van der Waals surface area contributed by atoms with Crippen LogP contribution in [0.3, 0.4) is 0 Å². The van der Waals surface area contributed by atoms with Crippen LogP contribution in [0.5, 0.6) is 0 Å². The Morgan fingerprint density at radius 1 is 1.56 bits per heavy atom. The van der Waals surface area contributed by atoms with Crippen LogP contribution in [0, 0.1) is 0 Å². The average Bonchev–Trinajstić information content (AvgIpc) is 1.96. The Kier molecular flexibility index (Phi) is 1.39. The SMILES string of the molecule is CC1=CCN(C)C1(C)C. The normalized spacial score (nSPS) is 26.4. The summed E-state index contributed by atoms with van der Waals surface area (Å²) in [6.07, 6.45) is 2.29. The van der Waals surface area contributed by atoms with E-state index in [0.29, 0.717) is 5.54 Å². The summed E-state index contributed by atoms with van der Waals surface area (Å²) in [5.74, 6) is 0. The second-order valence-corrected chi connectivity index (χ2v) is 3.33. The van der Waals surface area contributed by atoms with Gasteiger partial charge in [-0.3, -0.25) is 4.90 Å². The Balaban J connectivity index is 2.81. The van der Waals surface area contributed by atoms with Crippen molar-refractivity contribution in [2.24, 2.45) is 0 Å². The fourth-order valence-electron chi connectivity index (χ4n) is 1.05. The third-order valence-corrected chi connectivity index (χ3v) is 2.59. The van der Waals surface area contributed by atoms with Gasteiger partial charge in [-0.25, -0.2) is 0 Å². The van der Waals surface area contributed by atoms with Crippen molar-refractivity contribution < 1.29 is 0 Å². The van der Waals surface area contributed by atoms with Crippen LogP contribution in [0.2, 0.25) is 0 Å². The largest absolute Gasteiger partial charge is 0.294 e. The maximum atomic E-state index is 2.35. The van der Waals surface area contributed by atoms with Crippen molar-refractivity contribution >= 4 is 0 Å². The molecular weight excluding hydrogens is 110 g/mol. The first-order valence-electron chi connectivity index (χ1n) is 3.43. The molecule has 0 spiro atoms. The Bertz CT molecular complexity index is 145. The van der Waals surface area contributed by atoms with Crippen molar-refractivity contribution in [1.82, 2.24) is 4.90 Å². The van der Waals surface area contributed by atoms with Crippen LogP contribution in [0.1, 0.15) is 20.8 Å². The highest BCUT2D eigenvalue weighted by Crippen LogP contribution is 2.26. The van der Waals surface area contributed by atoms with Gasteiger partial charge >= 0.3 is 0 Å². The van der Waals surface area contributed by atoms with Gasteiger partial charge in [0.15, 0.2) is 0 Å². The lowest BCUT2D eigenvalue weighted by Gasteiger charge is -2.29. The summed E-state index contributed by atoms with van der Waals surface area (Å²) in [5, 5.41) is 0. The third-order valence-electron chi connectivity index (χ3n) is 2.59. The van der Waals surface area contributed by atoms with E-state index in [1.807, 2.05) is 0 Å². The maximum Gasteiger partial charge on any atom is 0.0362 e. The van der Waals surface area contributed by atoms with Gasteiger partial charge in [0.25, 0.3) is 0 Å². The third kappa shape index (κ3) is 0.897. The Morgan fingerprint density at radius 2 is 2.11 bits per heavy atom. The van der Waals surface area contributed by atoms with Crippen molar-refractivity contribution in [2.75, 3.05) is 13.6 Å². The molecule has 0 aromatic heterocycles. The van der Waals surface area contributed by atoms with Gasteiger partial charge in [0.1, 0.15) is 0 Å². The maximum absolute atomic E-state index is 2.35. The van der Waals surface area contributed by atoms with Gasteiger partial charge in [0.2, 0.25) is 0 Å². The zero-order valence-electron chi connectivity index (χ0n) is 6.73. The Labute approximate surface area is 57.4 Å². The first-order chi connectivity index (χ1) is 4.05. The molecule has 0 aromatic rings.